The summed E-state index contributed by atoms with van der Waals surface area (Å²) in [5.41, 5.74) is 0.154. The van der Waals surface area contributed by atoms with Gasteiger partial charge in [0, 0.05) is 37.2 Å². The molecule has 2 fully saturated rings. The second kappa shape index (κ2) is 10.9. The van der Waals surface area contributed by atoms with E-state index in [1.54, 1.807) is 18.2 Å². The van der Waals surface area contributed by atoms with Crippen LogP contribution >= 0.6 is 34.5 Å². The van der Waals surface area contributed by atoms with Crippen molar-refractivity contribution in [1.82, 2.24) is 15.4 Å². The molecule has 11 heteroatoms. The van der Waals surface area contributed by atoms with Crippen molar-refractivity contribution in [2.75, 3.05) is 37.6 Å². The summed E-state index contributed by atoms with van der Waals surface area (Å²) in [7, 11) is 0. The largest absolute Gasteiger partial charge is 0.413 e. The lowest BCUT2D eigenvalue weighted by molar-refractivity contribution is 0.183. The molecule has 0 spiro atoms. The van der Waals surface area contributed by atoms with E-state index in [1.165, 1.54) is 17.4 Å². The normalized spacial score (nSPS) is 21.4. The van der Waals surface area contributed by atoms with Crippen molar-refractivity contribution < 1.29 is 18.4 Å². The number of aromatic nitrogens is 1. The van der Waals surface area contributed by atoms with Gasteiger partial charge in [-0.25, -0.2) is 9.18 Å². The molecular formula is C24H27Cl2FN4O3S. The molecule has 1 amide bonds. The monoisotopic (exact) mass is 540 g/mol. The molecule has 1 aliphatic carbocycles. The number of halogens is 3. The van der Waals surface area contributed by atoms with Gasteiger partial charge >= 0.3 is 6.09 Å². The van der Waals surface area contributed by atoms with Gasteiger partial charge in [-0.1, -0.05) is 39.7 Å². The molecule has 1 saturated heterocycles. The number of nitrogens with zero attached hydrogens (tertiary/aromatic N) is 3. The third-order valence-electron chi connectivity index (χ3n) is 6.91. The van der Waals surface area contributed by atoms with Crippen LogP contribution in [0.5, 0.6) is 5.06 Å². The van der Waals surface area contributed by atoms with Crippen LogP contribution in [0.3, 0.4) is 0 Å². The third-order valence-corrected chi connectivity index (χ3v) is 8.24. The van der Waals surface area contributed by atoms with Crippen LogP contribution in [-0.4, -0.2) is 54.9 Å². The quantitative estimate of drug-likeness (QED) is 0.401. The fourth-order valence-electron chi connectivity index (χ4n) is 4.97. The number of amides is 1. The first kappa shape index (κ1) is 24.6. The first-order chi connectivity index (χ1) is 16.9. The first-order valence-corrected chi connectivity index (χ1v) is 13.5. The van der Waals surface area contributed by atoms with E-state index in [-0.39, 0.29) is 11.6 Å². The van der Waals surface area contributed by atoms with Crippen molar-refractivity contribution in [1.29, 1.82) is 0 Å². The van der Waals surface area contributed by atoms with E-state index in [1.807, 2.05) is 0 Å². The number of hydrogen-bond acceptors (Lipinski definition) is 7. The Morgan fingerprint density at radius 3 is 2.66 bits per heavy atom. The van der Waals surface area contributed by atoms with E-state index in [9.17, 15) is 9.18 Å². The second-order valence-corrected chi connectivity index (χ2v) is 11.3. The molecule has 35 heavy (non-hydrogen) atoms. The Labute approximate surface area is 217 Å². The summed E-state index contributed by atoms with van der Waals surface area (Å²) in [4.78, 5) is 16.7. The second-order valence-electron chi connectivity index (χ2n) is 9.20. The molecule has 1 aromatic carbocycles. The van der Waals surface area contributed by atoms with Gasteiger partial charge in [-0.3, -0.25) is 4.90 Å². The number of carbonyl (C=O) groups is 1. The van der Waals surface area contributed by atoms with Gasteiger partial charge in [0.05, 0.1) is 9.72 Å². The van der Waals surface area contributed by atoms with Crippen molar-refractivity contribution in [2.24, 2.45) is 5.92 Å². The van der Waals surface area contributed by atoms with Crippen LogP contribution in [-0.2, 0) is 0 Å². The summed E-state index contributed by atoms with van der Waals surface area (Å²) in [6.07, 6.45) is 4.89. The standard InChI is InChI=1S/C24H27Cl2FN4O3S/c25-16-13-18-22(19(27)14-16)34-29-23(18)31-11-9-30(10-12-31)8-7-15-1-3-17(4-2-15)28-24(32)33-21-6-5-20(26)35-21/h5-6,13-15,17H,1-4,7-12H2,(H,28,32). The zero-order valence-corrected chi connectivity index (χ0v) is 21.5. The Balaban J connectivity index is 1.02. The molecule has 1 N–H and O–H groups in total. The highest BCUT2D eigenvalue weighted by atomic mass is 35.5. The van der Waals surface area contributed by atoms with E-state index in [0.29, 0.717) is 31.5 Å². The molecule has 0 atom stereocenters. The van der Waals surface area contributed by atoms with Crippen molar-refractivity contribution >= 4 is 57.4 Å². The van der Waals surface area contributed by atoms with Crippen molar-refractivity contribution in [2.45, 2.75) is 38.1 Å². The zero-order chi connectivity index (χ0) is 24.4. The summed E-state index contributed by atoms with van der Waals surface area (Å²) < 4.78 is 25.2. The number of nitrogens with one attached hydrogen (secondary N) is 1. The SMILES string of the molecule is O=C(NC1CCC(CCN2CCN(c3noc4c(F)cc(Cl)cc34)CC2)CC1)Oc1ccc(Cl)s1. The van der Waals surface area contributed by atoms with Crippen LogP contribution in [0.25, 0.3) is 11.0 Å². The molecule has 0 bridgehead atoms. The van der Waals surface area contributed by atoms with Gasteiger partial charge in [-0.2, -0.15) is 0 Å². The van der Waals surface area contributed by atoms with Crippen LogP contribution in [0.15, 0.2) is 28.8 Å². The maximum absolute atomic E-state index is 14.1. The number of fused-ring (bicyclic) bond motifs is 1. The highest BCUT2D eigenvalue weighted by molar-refractivity contribution is 7.17. The predicted octanol–water partition coefficient (Wildman–Crippen LogP) is 6.19. The number of anilines is 1. The van der Waals surface area contributed by atoms with Crippen molar-refractivity contribution in [3.05, 3.63) is 39.4 Å². The lowest BCUT2D eigenvalue weighted by Gasteiger charge is -2.36. The molecule has 7 nitrogen and oxygen atoms in total. The fourth-order valence-corrected chi connectivity index (χ4v) is 6.05. The Kier molecular flexibility index (Phi) is 7.67. The molecule has 0 unspecified atom stereocenters. The van der Waals surface area contributed by atoms with E-state index in [4.69, 9.17) is 32.5 Å². The first-order valence-electron chi connectivity index (χ1n) is 11.9. The lowest BCUT2D eigenvalue weighted by Crippen LogP contribution is -2.47. The summed E-state index contributed by atoms with van der Waals surface area (Å²) in [6, 6.07) is 6.53. The Hall–Kier alpha value is -2.07. The van der Waals surface area contributed by atoms with Crippen molar-refractivity contribution in [3.8, 4) is 5.06 Å². The molecule has 1 aliphatic heterocycles. The van der Waals surface area contributed by atoms with Crippen LogP contribution in [0.4, 0.5) is 15.0 Å². The summed E-state index contributed by atoms with van der Waals surface area (Å²) >= 11 is 13.2. The minimum Gasteiger partial charge on any atom is -0.399 e. The molecular weight excluding hydrogens is 514 g/mol. The summed E-state index contributed by atoms with van der Waals surface area (Å²) in [5, 5.41) is 8.56. The molecule has 2 aliphatic rings. The average molecular weight is 541 g/mol. The maximum Gasteiger partial charge on any atom is 0.413 e. The van der Waals surface area contributed by atoms with Gasteiger partial charge in [-0.05, 0) is 68.8 Å². The van der Waals surface area contributed by atoms with E-state index in [2.05, 4.69) is 20.3 Å². The van der Waals surface area contributed by atoms with E-state index < -0.39 is 11.9 Å². The predicted molar refractivity (Wildman–Crippen MR) is 136 cm³/mol. The van der Waals surface area contributed by atoms with Gasteiger partial charge in [-0.15, -0.1) is 0 Å². The minimum absolute atomic E-state index is 0.154. The molecule has 0 radical (unpaired) electrons. The maximum atomic E-state index is 14.1. The van der Waals surface area contributed by atoms with Crippen LogP contribution in [0.2, 0.25) is 9.36 Å². The minimum atomic E-state index is -0.487. The topological polar surface area (TPSA) is 70.8 Å². The van der Waals surface area contributed by atoms with Crippen LogP contribution in [0.1, 0.15) is 32.1 Å². The molecule has 1 saturated carbocycles. The lowest BCUT2D eigenvalue weighted by atomic mass is 9.84. The van der Waals surface area contributed by atoms with Crippen LogP contribution in [0, 0.1) is 11.7 Å². The third kappa shape index (κ3) is 6.02. The molecule has 3 heterocycles. The number of benzene rings is 1. The van der Waals surface area contributed by atoms with E-state index in [0.717, 1.165) is 64.8 Å². The highest BCUT2D eigenvalue weighted by Crippen LogP contribution is 2.32. The fraction of sp³-hybridized carbons (Fsp3) is 0.500. The smallest absolute Gasteiger partial charge is 0.399 e. The van der Waals surface area contributed by atoms with Gasteiger partial charge in [0.2, 0.25) is 5.58 Å². The average Bonchev–Trinajstić information content (AvgIpc) is 3.45. The number of piperazine rings is 1. The number of rotatable bonds is 6. The Morgan fingerprint density at radius 2 is 1.94 bits per heavy atom. The highest BCUT2D eigenvalue weighted by Gasteiger charge is 2.26. The number of ether oxygens (including phenoxy) is 1. The van der Waals surface area contributed by atoms with E-state index >= 15 is 0 Å². The van der Waals surface area contributed by atoms with Crippen LogP contribution < -0.4 is 15.0 Å². The van der Waals surface area contributed by atoms with Gasteiger partial charge in [0.1, 0.15) is 0 Å². The molecule has 5 rings (SSSR count). The molecule has 3 aromatic rings. The number of thiophene rings is 1. The number of hydrogen-bond donors (Lipinski definition) is 1. The zero-order valence-electron chi connectivity index (χ0n) is 19.1. The van der Waals surface area contributed by atoms with Gasteiger partial charge in [0.15, 0.2) is 16.7 Å². The van der Waals surface area contributed by atoms with Gasteiger partial charge in [0.25, 0.3) is 0 Å². The molecule has 2 aromatic heterocycles. The molecule has 188 valence electrons. The summed E-state index contributed by atoms with van der Waals surface area (Å²) in [6.45, 7) is 4.52. The van der Waals surface area contributed by atoms with Crippen molar-refractivity contribution in [3.63, 3.8) is 0 Å². The Bertz CT molecular complexity index is 1170. The number of carbonyl (C=O) groups excluding carboxylic acids is 1. The Morgan fingerprint density at radius 1 is 1.17 bits per heavy atom. The van der Waals surface area contributed by atoms with Gasteiger partial charge < -0.3 is 19.5 Å². The summed E-state index contributed by atoms with van der Waals surface area (Å²) in [5.74, 6) is 0.842.